The molecular formula is C17H21NO3. The number of amides is 1. The molecule has 4 nitrogen and oxygen atoms in total. The predicted molar refractivity (Wildman–Crippen MR) is 81.5 cm³/mol. The number of nitrogens with one attached hydrogen (secondary N) is 1. The Kier molecular flexibility index (Phi) is 5.43. The largest absolute Gasteiger partial charge is 0.494 e. The van der Waals surface area contributed by atoms with Crippen molar-refractivity contribution in [3.63, 3.8) is 0 Å². The highest BCUT2D eigenvalue weighted by molar-refractivity contribution is 5.94. The first-order valence-electron chi connectivity index (χ1n) is 7.24. The molecule has 1 aromatic carbocycles. The molecule has 0 bridgehead atoms. The molecule has 1 aromatic heterocycles. The number of furan rings is 1. The molecule has 1 N–H and O–H groups in total. The summed E-state index contributed by atoms with van der Waals surface area (Å²) in [5.74, 6) is 1.34. The molecular weight excluding hydrogens is 266 g/mol. The summed E-state index contributed by atoms with van der Waals surface area (Å²) in [7, 11) is 0. The zero-order valence-corrected chi connectivity index (χ0v) is 12.5. The molecule has 0 unspecified atom stereocenters. The number of hydrogen-bond acceptors (Lipinski definition) is 3. The quantitative estimate of drug-likeness (QED) is 0.790. The summed E-state index contributed by atoms with van der Waals surface area (Å²) in [5, 5.41) is 2.88. The van der Waals surface area contributed by atoms with Gasteiger partial charge in [0.1, 0.15) is 11.5 Å². The Labute approximate surface area is 125 Å². The monoisotopic (exact) mass is 287 g/mol. The van der Waals surface area contributed by atoms with Crippen LogP contribution in [0.1, 0.15) is 41.4 Å². The van der Waals surface area contributed by atoms with Crippen LogP contribution in [0.3, 0.4) is 0 Å². The van der Waals surface area contributed by atoms with Crippen LogP contribution in [0.25, 0.3) is 0 Å². The van der Waals surface area contributed by atoms with E-state index in [1.54, 1.807) is 13.0 Å². The SMILES string of the molecule is CCCCOc1cccc(CNC(=O)c2ccoc2C)c1. The van der Waals surface area contributed by atoms with Gasteiger partial charge in [-0.25, -0.2) is 0 Å². The van der Waals surface area contributed by atoms with Gasteiger partial charge >= 0.3 is 0 Å². The van der Waals surface area contributed by atoms with Crippen LogP contribution in [-0.4, -0.2) is 12.5 Å². The van der Waals surface area contributed by atoms with Gasteiger partial charge in [-0.3, -0.25) is 4.79 Å². The molecule has 1 heterocycles. The smallest absolute Gasteiger partial charge is 0.255 e. The van der Waals surface area contributed by atoms with E-state index >= 15 is 0 Å². The Morgan fingerprint density at radius 1 is 1.33 bits per heavy atom. The summed E-state index contributed by atoms with van der Waals surface area (Å²) in [4.78, 5) is 12.0. The van der Waals surface area contributed by atoms with Crippen molar-refractivity contribution in [2.45, 2.75) is 33.2 Å². The number of unbranched alkanes of at least 4 members (excludes halogenated alkanes) is 1. The lowest BCUT2D eigenvalue weighted by atomic mass is 10.2. The van der Waals surface area contributed by atoms with Crippen LogP contribution in [0.5, 0.6) is 5.75 Å². The zero-order valence-electron chi connectivity index (χ0n) is 12.5. The number of rotatable bonds is 7. The topological polar surface area (TPSA) is 51.5 Å². The molecule has 0 radical (unpaired) electrons. The normalized spacial score (nSPS) is 10.4. The highest BCUT2D eigenvalue weighted by atomic mass is 16.5. The lowest BCUT2D eigenvalue weighted by Gasteiger charge is -2.08. The van der Waals surface area contributed by atoms with Gasteiger partial charge < -0.3 is 14.5 Å². The minimum absolute atomic E-state index is 0.126. The molecule has 1 amide bonds. The van der Waals surface area contributed by atoms with E-state index < -0.39 is 0 Å². The molecule has 4 heteroatoms. The molecule has 112 valence electrons. The Hall–Kier alpha value is -2.23. The summed E-state index contributed by atoms with van der Waals surface area (Å²) in [6, 6.07) is 9.47. The lowest BCUT2D eigenvalue weighted by molar-refractivity contribution is 0.0949. The molecule has 0 saturated heterocycles. The number of benzene rings is 1. The van der Waals surface area contributed by atoms with Gasteiger partial charge in [0.05, 0.1) is 18.4 Å². The fourth-order valence-electron chi connectivity index (χ4n) is 1.98. The Morgan fingerprint density at radius 3 is 2.90 bits per heavy atom. The first-order valence-corrected chi connectivity index (χ1v) is 7.24. The van der Waals surface area contributed by atoms with Crippen LogP contribution in [0.4, 0.5) is 0 Å². The third kappa shape index (κ3) is 4.38. The molecule has 0 aliphatic heterocycles. The standard InChI is InChI=1S/C17H21NO3/c1-3-4-9-21-15-7-5-6-14(11-15)12-18-17(19)16-8-10-20-13(16)2/h5-8,10-11H,3-4,9,12H2,1-2H3,(H,18,19). The Balaban J connectivity index is 1.89. The maximum atomic E-state index is 12.0. The minimum atomic E-state index is -0.126. The third-order valence-electron chi connectivity index (χ3n) is 3.22. The maximum absolute atomic E-state index is 12.0. The summed E-state index contributed by atoms with van der Waals surface area (Å²) in [6.07, 6.45) is 3.67. The maximum Gasteiger partial charge on any atom is 0.255 e. The van der Waals surface area contributed by atoms with E-state index in [4.69, 9.17) is 9.15 Å². The van der Waals surface area contributed by atoms with E-state index in [0.717, 1.165) is 30.8 Å². The van der Waals surface area contributed by atoms with Crippen molar-refractivity contribution in [1.82, 2.24) is 5.32 Å². The first-order chi connectivity index (χ1) is 10.2. The second-order valence-corrected chi connectivity index (χ2v) is 4.92. The van der Waals surface area contributed by atoms with E-state index in [2.05, 4.69) is 12.2 Å². The summed E-state index contributed by atoms with van der Waals surface area (Å²) >= 11 is 0. The van der Waals surface area contributed by atoms with Crippen molar-refractivity contribution < 1.29 is 13.9 Å². The van der Waals surface area contributed by atoms with Crippen molar-refractivity contribution in [3.8, 4) is 5.75 Å². The van der Waals surface area contributed by atoms with Crippen molar-refractivity contribution in [2.24, 2.45) is 0 Å². The minimum Gasteiger partial charge on any atom is -0.494 e. The van der Waals surface area contributed by atoms with Crippen LogP contribution >= 0.6 is 0 Å². The summed E-state index contributed by atoms with van der Waals surface area (Å²) in [6.45, 7) is 5.10. The van der Waals surface area contributed by atoms with E-state index in [-0.39, 0.29) is 5.91 Å². The molecule has 2 aromatic rings. The van der Waals surface area contributed by atoms with Crippen molar-refractivity contribution in [3.05, 3.63) is 53.5 Å². The van der Waals surface area contributed by atoms with Gasteiger partial charge in [0.2, 0.25) is 0 Å². The number of aryl methyl sites for hydroxylation is 1. The highest BCUT2D eigenvalue weighted by Gasteiger charge is 2.10. The fraction of sp³-hybridized carbons (Fsp3) is 0.353. The van der Waals surface area contributed by atoms with E-state index in [9.17, 15) is 4.79 Å². The van der Waals surface area contributed by atoms with Crippen LogP contribution in [0, 0.1) is 6.92 Å². The second kappa shape index (κ2) is 7.53. The fourth-order valence-corrected chi connectivity index (χ4v) is 1.98. The van der Waals surface area contributed by atoms with E-state index in [0.29, 0.717) is 17.9 Å². The zero-order chi connectivity index (χ0) is 15.1. The van der Waals surface area contributed by atoms with Gasteiger partial charge in [-0.2, -0.15) is 0 Å². The molecule has 2 rings (SSSR count). The average molecular weight is 287 g/mol. The number of carbonyl (C=O) groups excluding carboxylic acids is 1. The van der Waals surface area contributed by atoms with Crippen LogP contribution < -0.4 is 10.1 Å². The molecule has 0 aliphatic rings. The van der Waals surface area contributed by atoms with Crippen LogP contribution in [0.2, 0.25) is 0 Å². The van der Waals surface area contributed by atoms with E-state index in [1.165, 1.54) is 6.26 Å². The lowest BCUT2D eigenvalue weighted by Crippen LogP contribution is -2.22. The van der Waals surface area contributed by atoms with Crippen LogP contribution in [-0.2, 0) is 6.54 Å². The molecule has 0 atom stereocenters. The van der Waals surface area contributed by atoms with Gasteiger partial charge in [0, 0.05) is 6.54 Å². The van der Waals surface area contributed by atoms with Crippen molar-refractivity contribution in [1.29, 1.82) is 0 Å². The summed E-state index contributed by atoms with van der Waals surface area (Å²) < 4.78 is 10.8. The molecule has 0 spiro atoms. The van der Waals surface area contributed by atoms with Crippen molar-refractivity contribution >= 4 is 5.91 Å². The van der Waals surface area contributed by atoms with Gasteiger partial charge in [-0.15, -0.1) is 0 Å². The van der Waals surface area contributed by atoms with Crippen LogP contribution in [0.15, 0.2) is 41.0 Å². The number of ether oxygens (including phenoxy) is 1. The number of hydrogen-bond donors (Lipinski definition) is 1. The Morgan fingerprint density at radius 2 is 2.19 bits per heavy atom. The molecule has 0 fully saturated rings. The second-order valence-electron chi connectivity index (χ2n) is 4.92. The molecule has 0 saturated carbocycles. The highest BCUT2D eigenvalue weighted by Crippen LogP contribution is 2.14. The first kappa shape index (κ1) is 15.2. The van der Waals surface area contributed by atoms with Gasteiger partial charge in [-0.05, 0) is 37.1 Å². The summed E-state index contributed by atoms with van der Waals surface area (Å²) in [5.41, 5.74) is 1.59. The third-order valence-corrected chi connectivity index (χ3v) is 3.22. The predicted octanol–water partition coefficient (Wildman–Crippen LogP) is 3.70. The van der Waals surface area contributed by atoms with Crippen molar-refractivity contribution in [2.75, 3.05) is 6.61 Å². The molecule has 21 heavy (non-hydrogen) atoms. The Bertz CT molecular complexity index is 589. The van der Waals surface area contributed by atoms with Gasteiger partial charge in [0.15, 0.2) is 0 Å². The van der Waals surface area contributed by atoms with Gasteiger partial charge in [0.25, 0.3) is 5.91 Å². The number of carbonyl (C=O) groups is 1. The van der Waals surface area contributed by atoms with Gasteiger partial charge in [-0.1, -0.05) is 25.5 Å². The average Bonchev–Trinajstić information content (AvgIpc) is 2.92. The molecule has 0 aliphatic carbocycles. The van der Waals surface area contributed by atoms with E-state index in [1.807, 2.05) is 24.3 Å².